The van der Waals surface area contributed by atoms with Gasteiger partial charge in [0.25, 0.3) is 5.91 Å². The lowest BCUT2D eigenvalue weighted by molar-refractivity contribution is -0.118. The number of fused-ring (bicyclic) bond motifs is 1. The number of amides is 3. The van der Waals surface area contributed by atoms with E-state index < -0.39 is 0 Å². The molecule has 0 aliphatic carbocycles. The number of hydrogen-bond acceptors (Lipinski definition) is 7. The zero-order chi connectivity index (χ0) is 17.6. The van der Waals surface area contributed by atoms with E-state index in [1.807, 2.05) is 6.92 Å². The second kappa shape index (κ2) is 8.17. The van der Waals surface area contributed by atoms with Crippen molar-refractivity contribution in [2.24, 2.45) is 0 Å². The molecule has 1 aliphatic heterocycles. The van der Waals surface area contributed by atoms with Gasteiger partial charge in [-0.2, -0.15) is 0 Å². The summed E-state index contributed by atoms with van der Waals surface area (Å²) in [6, 6.07) is 4.81. The SMILES string of the molecule is Cc1nnc(SCCCNC(=O)Nc2ccc3c(c2)OCC(=O)N3)s1. The van der Waals surface area contributed by atoms with Crippen LogP contribution >= 0.6 is 23.1 Å². The molecule has 3 N–H and O–H groups in total. The largest absolute Gasteiger partial charge is 0.482 e. The predicted molar refractivity (Wildman–Crippen MR) is 97.6 cm³/mol. The fourth-order valence-corrected chi connectivity index (χ4v) is 3.92. The van der Waals surface area contributed by atoms with E-state index >= 15 is 0 Å². The second-order valence-corrected chi connectivity index (χ2v) is 7.74. The molecule has 0 atom stereocenters. The number of nitrogens with zero attached hydrogens (tertiary/aromatic N) is 2. The third-order valence-electron chi connectivity index (χ3n) is 3.21. The van der Waals surface area contributed by atoms with Crippen LogP contribution in [0, 0.1) is 6.92 Å². The molecule has 3 rings (SSSR count). The smallest absolute Gasteiger partial charge is 0.319 e. The summed E-state index contributed by atoms with van der Waals surface area (Å²) in [6.07, 6.45) is 0.829. The summed E-state index contributed by atoms with van der Waals surface area (Å²) >= 11 is 3.20. The molecule has 2 aromatic rings. The van der Waals surface area contributed by atoms with Gasteiger partial charge >= 0.3 is 6.03 Å². The topological polar surface area (TPSA) is 105 Å². The van der Waals surface area contributed by atoms with E-state index in [1.165, 1.54) is 0 Å². The van der Waals surface area contributed by atoms with Crippen molar-refractivity contribution in [3.8, 4) is 5.75 Å². The maximum Gasteiger partial charge on any atom is 0.319 e. The Hall–Kier alpha value is -2.33. The lowest BCUT2D eigenvalue weighted by Crippen LogP contribution is -2.30. The maximum absolute atomic E-state index is 11.9. The van der Waals surface area contributed by atoms with Crippen LogP contribution in [0.5, 0.6) is 5.75 Å². The van der Waals surface area contributed by atoms with Gasteiger partial charge in [-0.1, -0.05) is 23.1 Å². The van der Waals surface area contributed by atoms with Gasteiger partial charge in [0.1, 0.15) is 10.8 Å². The molecule has 1 aromatic heterocycles. The number of nitrogens with one attached hydrogen (secondary N) is 3. The fraction of sp³-hybridized carbons (Fsp3) is 0.333. The zero-order valence-corrected chi connectivity index (χ0v) is 15.1. The molecule has 25 heavy (non-hydrogen) atoms. The number of hydrogen-bond donors (Lipinski definition) is 3. The molecule has 0 saturated heterocycles. The number of ether oxygens (including phenoxy) is 1. The number of rotatable bonds is 6. The van der Waals surface area contributed by atoms with E-state index in [9.17, 15) is 9.59 Å². The molecular weight excluding hydrogens is 362 g/mol. The van der Waals surface area contributed by atoms with Crippen LogP contribution in [0.1, 0.15) is 11.4 Å². The number of carbonyl (C=O) groups excluding carboxylic acids is 2. The number of urea groups is 1. The van der Waals surface area contributed by atoms with E-state index in [4.69, 9.17) is 4.74 Å². The van der Waals surface area contributed by atoms with E-state index in [-0.39, 0.29) is 18.5 Å². The summed E-state index contributed by atoms with van der Waals surface area (Å²) in [7, 11) is 0. The molecule has 0 unspecified atom stereocenters. The van der Waals surface area contributed by atoms with Gasteiger partial charge < -0.3 is 20.7 Å². The molecule has 3 amide bonds. The summed E-state index contributed by atoms with van der Waals surface area (Å²) in [5.74, 6) is 1.22. The van der Waals surface area contributed by atoms with Gasteiger partial charge in [-0.15, -0.1) is 10.2 Å². The average molecular weight is 379 g/mol. The van der Waals surface area contributed by atoms with Gasteiger partial charge in [0, 0.05) is 24.1 Å². The third-order valence-corrected chi connectivity index (χ3v) is 5.27. The first-order valence-corrected chi connectivity index (χ1v) is 9.45. The van der Waals surface area contributed by atoms with Crippen LogP contribution in [0.2, 0.25) is 0 Å². The van der Waals surface area contributed by atoms with Crippen LogP contribution in [-0.4, -0.2) is 41.0 Å². The summed E-state index contributed by atoms with van der Waals surface area (Å²) < 4.78 is 6.27. The van der Waals surface area contributed by atoms with Crippen molar-refractivity contribution in [2.45, 2.75) is 17.7 Å². The fourth-order valence-electron chi connectivity index (χ4n) is 2.10. The molecule has 8 nitrogen and oxygen atoms in total. The second-order valence-electron chi connectivity index (χ2n) is 5.22. The molecule has 0 fully saturated rings. The Morgan fingerprint density at radius 3 is 3.12 bits per heavy atom. The maximum atomic E-state index is 11.9. The molecule has 0 saturated carbocycles. The van der Waals surface area contributed by atoms with Gasteiger partial charge in [0.2, 0.25) is 0 Å². The monoisotopic (exact) mass is 379 g/mol. The lowest BCUT2D eigenvalue weighted by atomic mass is 10.2. The van der Waals surface area contributed by atoms with Crippen molar-refractivity contribution in [2.75, 3.05) is 29.5 Å². The highest BCUT2D eigenvalue weighted by Gasteiger charge is 2.16. The Bertz CT molecular complexity index is 780. The van der Waals surface area contributed by atoms with Crippen LogP contribution in [-0.2, 0) is 4.79 Å². The zero-order valence-electron chi connectivity index (χ0n) is 13.5. The number of carbonyl (C=O) groups is 2. The predicted octanol–water partition coefficient (Wildman–Crippen LogP) is 2.48. The number of benzene rings is 1. The molecule has 0 bridgehead atoms. The highest BCUT2D eigenvalue weighted by Crippen LogP contribution is 2.30. The van der Waals surface area contributed by atoms with Gasteiger partial charge in [0.15, 0.2) is 10.9 Å². The van der Waals surface area contributed by atoms with Crippen LogP contribution in [0.25, 0.3) is 0 Å². The molecule has 10 heteroatoms. The number of thioether (sulfide) groups is 1. The molecule has 132 valence electrons. The normalized spacial score (nSPS) is 12.8. The van der Waals surface area contributed by atoms with Crippen molar-refractivity contribution in [1.82, 2.24) is 15.5 Å². The summed E-state index contributed by atoms with van der Waals surface area (Å²) in [5.41, 5.74) is 1.21. The van der Waals surface area contributed by atoms with Crippen molar-refractivity contribution in [3.05, 3.63) is 23.2 Å². The van der Waals surface area contributed by atoms with Crippen molar-refractivity contribution in [1.29, 1.82) is 0 Å². The Morgan fingerprint density at radius 2 is 2.32 bits per heavy atom. The standard InChI is InChI=1S/C15H17N5O3S2/c1-9-19-20-15(25-9)24-6-2-5-16-14(22)17-10-3-4-11-12(7-10)23-8-13(21)18-11/h3-4,7H,2,5-6,8H2,1H3,(H,18,21)(H2,16,17,22). The highest BCUT2D eigenvalue weighted by molar-refractivity contribution is 8.01. The quantitative estimate of drug-likeness (QED) is 0.526. The first kappa shape index (κ1) is 17.5. The summed E-state index contributed by atoms with van der Waals surface area (Å²) in [6.45, 7) is 2.47. The van der Waals surface area contributed by atoms with Gasteiger partial charge in [0.05, 0.1) is 5.69 Å². The van der Waals surface area contributed by atoms with E-state index in [0.717, 1.165) is 21.5 Å². The van der Waals surface area contributed by atoms with Crippen LogP contribution in [0.15, 0.2) is 22.5 Å². The minimum Gasteiger partial charge on any atom is -0.482 e. The molecular formula is C15H17N5O3S2. The Balaban J connectivity index is 1.38. The van der Waals surface area contributed by atoms with Crippen LogP contribution < -0.4 is 20.7 Å². The van der Waals surface area contributed by atoms with Crippen molar-refractivity contribution >= 4 is 46.4 Å². The number of anilines is 2. The molecule has 2 heterocycles. The minimum absolute atomic E-state index is 0.0194. The van der Waals surface area contributed by atoms with Gasteiger partial charge in [-0.05, 0) is 25.5 Å². The summed E-state index contributed by atoms with van der Waals surface area (Å²) in [4.78, 5) is 23.1. The van der Waals surface area contributed by atoms with E-state index in [0.29, 0.717) is 23.7 Å². The third kappa shape index (κ3) is 5.07. The Labute approximate surface area is 152 Å². The average Bonchev–Trinajstić information content (AvgIpc) is 3.00. The van der Waals surface area contributed by atoms with E-state index in [1.54, 1.807) is 41.3 Å². The molecule has 1 aromatic carbocycles. The minimum atomic E-state index is -0.281. The van der Waals surface area contributed by atoms with Gasteiger partial charge in [-0.25, -0.2) is 4.79 Å². The first-order chi connectivity index (χ1) is 12.1. The lowest BCUT2D eigenvalue weighted by Gasteiger charge is -2.18. The Morgan fingerprint density at radius 1 is 1.44 bits per heavy atom. The Kier molecular flexibility index (Phi) is 5.71. The van der Waals surface area contributed by atoms with Crippen molar-refractivity contribution in [3.63, 3.8) is 0 Å². The number of aromatic nitrogens is 2. The van der Waals surface area contributed by atoms with Crippen molar-refractivity contribution < 1.29 is 14.3 Å². The van der Waals surface area contributed by atoms with Crippen LogP contribution in [0.3, 0.4) is 0 Å². The summed E-state index contributed by atoms with van der Waals surface area (Å²) in [5, 5.41) is 17.2. The molecule has 0 spiro atoms. The van der Waals surface area contributed by atoms with E-state index in [2.05, 4.69) is 26.1 Å². The molecule has 1 aliphatic rings. The highest BCUT2D eigenvalue weighted by atomic mass is 32.2. The van der Waals surface area contributed by atoms with Gasteiger partial charge in [-0.3, -0.25) is 4.79 Å². The number of aryl methyl sites for hydroxylation is 1. The van der Waals surface area contributed by atoms with Crippen LogP contribution in [0.4, 0.5) is 16.2 Å². The molecule has 0 radical (unpaired) electrons. The first-order valence-electron chi connectivity index (χ1n) is 7.64.